The van der Waals surface area contributed by atoms with E-state index in [0.29, 0.717) is 0 Å². The number of halogens is 1. The third kappa shape index (κ3) is 1.40. The number of H-pyrrole nitrogens is 1. The molecule has 0 bridgehead atoms. The molecular weight excluding hydrogens is 217 g/mol. The molecule has 1 aromatic heterocycles. The molecule has 0 radical (unpaired) electrons. The van der Waals surface area contributed by atoms with Gasteiger partial charge in [0.25, 0.3) is 0 Å². The second-order valence-electron chi connectivity index (χ2n) is 3.17. The van der Waals surface area contributed by atoms with Gasteiger partial charge in [-0.05, 0) is 18.2 Å². The van der Waals surface area contributed by atoms with Gasteiger partial charge in [0.2, 0.25) is 5.43 Å². The zero-order chi connectivity index (χ0) is 11.9. The molecule has 0 saturated heterocycles. The van der Waals surface area contributed by atoms with Crippen molar-refractivity contribution >= 4 is 16.9 Å². The summed E-state index contributed by atoms with van der Waals surface area (Å²) in [5.41, 5.74) is -1.46. The van der Waals surface area contributed by atoms with Crippen molar-refractivity contribution < 1.29 is 19.4 Å². The standard InChI is InChI=1S/C10H6FNO4/c11-4-1-2-5-6(3-4)12-7(10(15)16)9(14)8(5)13/h1-3,14H,(H,12,13)(H,15,16). The van der Waals surface area contributed by atoms with E-state index in [1.807, 2.05) is 0 Å². The first-order chi connectivity index (χ1) is 7.50. The van der Waals surface area contributed by atoms with E-state index in [-0.39, 0.29) is 10.9 Å². The van der Waals surface area contributed by atoms with Gasteiger partial charge in [-0.25, -0.2) is 9.18 Å². The maximum Gasteiger partial charge on any atom is 0.356 e. The molecule has 0 atom stereocenters. The van der Waals surface area contributed by atoms with Crippen LogP contribution in [0.5, 0.6) is 5.75 Å². The highest BCUT2D eigenvalue weighted by Crippen LogP contribution is 2.16. The normalized spacial score (nSPS) is 10.6. The Bertz CT molecular complexity index is 647. The molecule has 0 unspecified atom stereocenters. The molecule has 2 aromatic rings. The first-order valence-electron chi connectivity index (χ1n) is 4.28. The van der Waals surface area contributed by atoms with E-state index in [1.165, 1.54) is 6.07 Å². The van der Waals surface area contributed by atoms with Crippen LogP contribution in [-0.2, 0) is 0 Å². The lowest BCUT2D eigenvalue weighted by atomic mass is 10.1. The van der Waals surface area contributed by atoms with E-state index in [1.54, 1.807) is 0 Å². The SMILES string of the molecule is O=C(O)c1[nH]c2cc(F)ccc2c(=O)c1O. The van der Waals surface area contributed by atoms with Crippen LogP contribution in [0.4, 0.5) is 4.39 Å². The van der Waals surface area contributed by atoms with Gasteiger partial charge < -0.3 is 15.2 Å². The highest BCUT2D eigenvalue weighted by atomic mass is 19.1. The molecule has 0 amide bonds. The van der Waals surface area contributed by atoms with Gasteiger partial charge in [-0.3, -0.25) is 4.79 Å². The summed E-state index contributed by atoms with van der Waals surface area (Å²) in [6.07, 6.45) is 0. The Balaban J connectivity index is 2.94. The number of aromatic carboxylic acids is 1. The smallest absolute Gasteiger partial charge is 0.356 e. The zero-order valence-corrected chi connectivity index (χ0v) is 7.82. The topological polar surface area (TPSA) is 90.4 Å². The average molecular weight is 223 g/mol. The largest absolute Gasteiger partial charge is 0.502 e. The molecule has 1 aromatic carbocycles. The molecule has 1 heterocycles. The van der Waals surface area contributed by atoms with Crippen molar-refractivity contribution in [3.8, 4) is 5.75 Å². The number of carboxylic acid groups (broad SMARTS) is 1. The Kier molecular flexibility index (Phi) is 2.12. The van der Waals surface area contributed by atoms with E-state index >= 15 is 0 Å². The summed E-state index contributed by atoms with van der Waals surface area (Å²) < 4.78 is 12.9. The Hall–Kier alpha value is -2.37. The van der Waals surface area contributed by atoms with Crippen molar-refractivity contribution in [1.29, 1.82) is 0 Å². The molecule has 16 heavy (non-hydrogen) atoms. The van der Waals surface area contributed by atoms with Gasteiger partial charge in [0.05, 0.1) is 5.52 Å². The minimum absolute atomic E-state index is 0.0280. The van der Waals surface area contributed by atoms with Gasteiger partial charge >= 0.3 is 5.97 Å². The van der Waals surface area contributed by atoms with Crippen LogP contribution in [0.1, 0.15) is 10.5 Å². The van der Waals surface area contributed by atoms with Crippen LogP contribution >= 0.6 is 0 Å². The number of carboxylic acids is 1. The fraction of sp³-hybridized carbons (Fsp3) is 0. The molecule has 0 fully saturated rings. The lowest BCUT2D eigenvalue weighted by Gasteiger charge is -2.03. The van der Waals surface area contributed by atoms with Crippen molar-refractivity contribution in [2.24, 2.45) is 0 Å². The van der Waals surface area contributed by atoms with Crippen molar-refractivity contribution in [3.63, 3.8) is 0 Å². The summed E-state index contributed by atoms with van der Waals surface area (Å²) in [7, 11) is 0. The monoisotopic (exact) mass is 223 g/mol. The number of aromatic amines is 1. The molecule has 82 valence electrons. The molecule has 0 spiro atoms. The number of pyridine rings is 1. The summed E-state index contributed by atoms with van der Waals surface area (Å²) in [5.74, 6) is -2.97. The van der Waals surface area contributed by atoms with Crippen LogP contribution in [0.15, 0.2) is 23.0 Å². The number of aromatic nitrogens is 1. The Morgan fingerprint density at radius 1 is 1.38 bits per heavy atom. The van der Waals surface area contributed by atoms with Gasteiger partial charge in [0, 0.05) is 5.39 Å². The number of benzene rings is 1. The summed E-state index contributed by atoms with van der Waals surface area (Å²) in [4.78, 5) is 24.5. The van der Waals surface area contributed by atoms with Gasteiger partial charge in [0.1, 0.15) is 5.82 Å². The lowest BCUT2D eigenvalue weighted by molar-refractivity contribution is 0.0687. The second kappa shape index (κ2) is 3.34. The molecule has 2 rings (SSSR count). The summed E-state index contributed by atoms with van der Waals surface area (Å²) in [5, 5.41) is 18.0. The summed E-state index contributed by atoms with van der Waals surface area (Å²) >= 11 is 0. The number of nitrogens with one attached hydrogen (secondary N) is 1. The summed E-state index contributed by atoms with van der Waals surface area (Å²) in [6, 6.07) is 3.22. The van der Waals surface area contributed by atoms with Crippen molar-refractivity contribution in [2.45, 2.75) is 0 Å². The number of hydrogen-bond acceptors (Lipinski definition) is 3. The predicted molar refractivity (Wildman–Crippen MR) is 53.2 cm³/mol. The molecule has 0 aliphatic carbocycles. The minimum atomic E-state index is -1.49. The van der Waals surface area contributed by atoms with Crippen LogP contribution in [-0.4, -0.2) is 21.2 Å². The lowest BCUT2D eigenvalue weighted by Crippen LogP contribution is -2.11. The molecule has 5 nitrogen and oxygen atoms in total. The number of fused-ring (bicyclic) bond motifs is 1. The van der Waals surface area contributed by atoms with E-state index in [2.05, 4.69) is 4.98 Å². The van der Waals surface area contributed by atoms with Gasteiger partial charge in [-0.1, -0.05) is 0 Å². The van der Waals surface area contributed by atoms with E-state index < -0.39 is 28.7 Å². The number of aromatic hydroxyl groups is 1. The summed E-state index contributed by atoms with van der Waals surface area (Å²) in [6.45, 7) is 0. The van der Waals surface area contributed by atoms with Crippen molar-refractivity contribution in [1.82, 2.24) is 4.98 Å². The van der Waals surface area contributed by atoms with E-state index in [4.69, 9.17) is 5.11 Å². The Morgan fingerprint density at radius 2 is 2.06 bits per heavy atom. The van der Waals surface area contributed by atoms with Crippen LogP contribution in [0.25, 0.3) is 10.9 Å². The fourth-order valence-corrected chi connectivity index (χ4v) is 1.41. The van der Waals surface area contributed by atoms with Crippen molar-refractivity contribution in [2.75, 3.05) is 0 Å². The quantitative estimate of drug-likeness (QED) is 0.674. The first-order valence-corrected chi connectivity index (χ1v) is 4.28. The molecular formula is C10H6FNO4. The predicted octanol–water partition coefficient (Wildman–Crippen LogP) is 1.07. The number of carbonyl (C=O) groups is 1. The van der Waals surface area contributed by atoms with E-state index in [9.17, 15) is 19.1 Å². The zero-order valence-electron chi connectivity index (χ0n) is 7.82. The number of hydrogen-bond donors (Lipinski definition) is 3. The number of rotatable bonds is 1. The van der Waals surface area contributed by atoms with Gasteiger partial charge in [0.15, 0.2) is 11.4 Å². The van der Waals surface area contributed by atoms with Crippen LogP contribution < -0.4 is 5.43 Å². The molecule has 0 saturated carbocycles. The highest BCUT2D eigenvalue weighted by molar-refractivity contribution is 5.92. The second-order valence-corrected chi connectivity index (χ2v) is 3.17. The fourth-order valence-electron chi connectivity index (χ4n) is 1.41. The Labute approximate surface area is 87.8 Å². The van der Waals surface area contributed by atoms with Gasteiger partial charge in [-0.2, -0.15) is 0 Å². The maximum absolute atomic E-state index is 12.9. The van der Waals surface area contributed by atoms with Crippen LogP contribution in [0.3, 0.4) is 0 Å². The maximum atomic E-state index is 12.9. The average Bonchev–Trinajstić information content (AvgIpc) is 2.22. The highest BCUT2D eigenvalue weighted by Gasteiger charge is 2.16. The molecule has 0 aliphatic heterocycles. The van der Waals surface area contributed by atoms with E-state index in [0.717, 1.165) is 12.1 Å². The minimum Gasteiger partial charge on any atom is -0.502 e. The third-order valence-corrected chi connectivity index (χ3v) is 2.15. The first kappa shape index (κ1) is 10.2. The van der Waals surface area contributed by atoms with Crippen LogP contribution in [0, 0.1) is 5.82 Å². The van der Waals surface area contributed by atoms with Crippen LogP contribution in [0.2, 0.25) is 0 Å². The molecule has 6 heteroatoms. The third-order valence-electron chi connectivity index (χ3n) is 2.15. The Morgan fingerprint density at radius 3 is 2.69 bits per heavy atom. The van der Waals surface area contributed by atoms with Crippen molar-refractivity contribution in [3.05, 3.63) is 39.9 Å². The molecule has 3 N–H and O–H groups in total. The molecule has 0 aliphatic rings. The van der Waals surface area contributed by atoms with Gasteiger partial charge in [-0.15, -0.1) is 0 Å².